The smallest absolute Gasteiger partial charge is 0.246 e. The van der Waals surface area contributed by atoms with Crippen molar-refractivity contribution < 1.29 is 23.8 Å². The Balaban J connectivity index is 1.44. The number of rotatable bonds is 8. The number of hydrogen-bond donors (Lipinski definition) is 1. The summed E-state index contributed by atoms with van der Waals surface area (Å²) in [5, 5.41) is 3.35. The Labute approximate surface area is 181 Å². The Hall–Kier alpha value is -2.29. The average Bonchev–Trinajstić information content (AvgIpc) is 2.76. The summed E-state index contributed by atoms with van der Waals surface area (Å²) >= 11 is 6.24. The largest absolute Gasteiger partial charge is 0.486 e. The number of ether oxygens (including phenoxy) is 3. The highest BCUT2D eigenvalue weighted by atomic mass is 35.5. The van der Waals surface area contributed by atoms with Crippen molar-refractivity contribution in [2.45, 2.75) is 6.42 Å². The molecule has 0 aliphatic carbocycles. The highest BCUT2D eigenvalue weighted by Crippen LogP contribution is 2.38. The Morgan fingerprint density at radius 2 is 1.97 bits per heavy atom. The summed E-state index contributed by atoms with van der Waals surface area (Å²) in [6.45, 7) is 5.05. The van der Waals surface area contributed by atoms with Crippen LogP contribution in [0.3, 0.4) is 0 Å². The number of nitrogens with one attached hydrogen (secondary N) is 1. The van der Waals surface area contributed by atoms with Crippen LogP contribution in [0, 0.1) is 0 Å². The van der Waals surface area contributed by atoms with E-state index in [4.69, 9.17) is 25.8 Å². The molecule has 1 saturated heterocycles. The van der Waals surface area contributed by atoms with Gasteiger partial charge in [-0.1, -0.05) is 11.6 Å². The number of methoxy groups -OCH3 is 1. The summed E-state index contributed by atoms with van der Waals surface area (Å²) in [7, 11) is 1.64. The minimum absolute atomic E-state index is 0.00117. The number of carbonyl (C=O) groups excluding carboxylic acids is 2. The molecule has 3 rings (SSSR count). The summed E-state index contributed by atoms with van der Waals surface area (Å²) in [6, 6.07) is 3.56. The first-order valence-electron chi connectivity index (χ1n) is 10.1. The van der Waals surface area contributed by atoms with Crippen molar-refractivity contribution in [3.8, 4) is 11.5 Å². The molecule has 1 aromatic rings. The van der Waals surface area contributed by atoms with Gasteiger partial charge in [0.05, 0.1) is 11.6 Å². The first kappa shape index (κ1) is 22.4. The second-order valence-electron chi connectivity index (χ2n) is 7.16. The van der Waals surface area contributed by atoms with Gasteiger partial charge in [-0.15, -0.1) is 0 Å². The van der Waals surface area contributed by atoms with E-state index in [1.807, 2.05) is 6.07 Å². The van der Waals surface area contributed by atoms with Crippen LogP contribution in [0.1, 0.15) is 12.0 Å². The molecule has 8 nitrogen and oxygen atoms in total. The maximum Gasteiger partial charge on any atom is 0.246 e. The summed E-state index contributed by atoms with van der Waals surface area (Å²) in [5.41, 5.74) is 0.779. The molecule has 2 aliphatic heterocycles. The average molecular weight is 438 g/mol. The fraction of sp³-hybridized carbons (Fsp3) is 0.524. The third kappa shape index (κ3) is 6.35. The zero-order chi connectivity index (χ0) is 21.3. The number of piperazine rings is 1. The molecule has 2 amide bonds. The van der Waals surface area contributed by atoms with Crippen molar-refractivity contribution in [2.24, 2.45) is 0 Å². The molecule has 0 radical (unpaired) electrons. The predicted octanol–water partition coefficient (Wildman–Crippen LogP) is 1.42. The van der Waals surface area contributed by atoms with Crippen LogP contribution in [0.2, 0.25) is 5.02 Å². The van der Waals surface area contributed by atoms with Crippen LogP contribution in [-0.4, -0.2) is 87.8 Å². The first-order chi connectivity index (χ1) is 14.6. The quantitative estimate of drug-likeness (QED) is 0.489. The third-order valence-corrected chi connectivity index (χ3v) is 5.22. The zero-order valence-corrected chi connectivity index (χ0v) is 18.0. The molecular weight excluding hydrogens is 410 g/mol. The molecule has 30 heavy (non-hydrogen) atoms. The van der Waals surface area contributed by atoms with E-state index in [1.54, 1.807) is 30.2 Å². The molecule has 2 aliphatic rings. The van der Waals surface area contributed by atoms with Gasteiger partial charge < -0.3 is 24.4 Å². The number of nitrogens with zero attached hydrogens (tertiary/aromatic N) is 2. The van der Waals surface area contributed by atoms with E-state index in [9.17, 15) is 9.59 Å². The summed E-state index contributed by atoms with van der Waals surface area (Å²) < 4.78 is 16.0. The van der Waals surface area contributed by atoms with Gasteiger partial charge >= 0.3 is 0 Å². The van der Waals surface area contributed by atoms with Crippen LogP contribution < -0.4 is 14.8 Å². The third-order valence-electron chi connectivity index (χ3n) is 4.94. The van der Waals surface area contributed by atoms with E-state index in [0.717, 1.165) is 12.0 Å². The Morgan fingerprint density at radius 1 is 1.20 bits per heavy atom. The fourth-order valence-corrected chi connectivity index (χ4v) is 3.60. The van der Waals surface area contributed by atoms with Crippen LogP contribution in [0.25, 0.3) is 6.08 Å². The topological polar surface area (TPSA) is 80.3 Å². The predicted molar refractivity (Wildman–Crippen MR) is 114 cm³/mol. The van der Waals surface area contributed by atoms with Gasteiger partial charge in [-0.25, -0.2) is 0 Å². The normalized spacial score (nSPS) is 16.7. The highest BCUT2D eigenvalue weighted by molar-refractivity contribution is 6.32. The van der Waals surface area contributed by atoms with E-state index >= 15 is 0 Å². The number of fused-ring (bicyclic) bond motifs is 1. The molecule has 0 bridgehead atoms. The molecule has 0 spiro atoms. The van der Waals surface area contributed by atoms with Gasteiger partial charge in [-0.2, -0.15) is 0 Å². The second kappa shape index (κ2) is 11.2. The molecule has 0 saturated carbocycles. The van der Waals surface area contributed by atoms with E-state index < -0.39 is 0 Å². The van der Waals surface area contributed by atoms with Crippen molar-refractivity contribution in [3.05, 3.63) is 28.8 Å². The lowest BCUT2D eigenvalue weighted by atomic mass is 10.1. The van der Waals surface area contributed by atoms with Crippen molar-refractivity contribution >= 4 is 29.5 Å². The Kier molecular flexibility index (Phi) is 8.36. The Bertz CT molecular complexity index is 778. The van der Waals surface area contributed by atoms with Crippen molar-refractivity contribution in [1.82, 2.24) is 15.1 Å². The fourth-order valence-electron chi connectivity index (χ4n) is 3.33. The van der Waals surface area contributed by atoms with Gasteiger partial charge in [0.15, 0.2) is 11.5 Å². The maximum atomic E-state index is 12.5. The van der Waals surface area contributed by atoms with E-state index in [1.165, 1.54) is 0 Å². The van der Waals surface area contributed by atoms with Crippen LogP contribution >= 0.6 is 11.6 Å². The van der Waals surface area contributed by atoms with Gasteiger partial charge in [0, 0.05) is 52.5 Å². The van der Waals surface area contributed by atoms with E-state index in [2.05, 4.69) is 10.2 Å². The standard InChI is InChI=1S/C21H28ClN3O5/c1-28-10-2-5-23-19(26)15-24-6-8-25(9-7-24)20(27)4-3-16-13-17(22)21-18(14-16)29-11-12-30-21/h3-4,13-14H,2,5-12,15H2,1H3,(H,23,26)/b4-3+. The van der Waals surface area contributed by atoms with E-state index in [-0.39, 0.29) is 11.8 Å². The molecule has 2 heterocycles. The van der Waals surface area contributed by atoms with Crippen molar-refractivity contribution in [3.63, 3.8) is 0 Å². The molecule has 0 aromatic heterocycles. The monoisotopic (exact) mass is 437 g/mol. The first-order valence-corrected chi connectivity index (χ1v) is 10.5. The van der Waals surface area contributed by atoms with Crippen molar-refractivity contribution in [1.29, 1.82) is 0 Å². The van der Waals surface area contributed by atoms with Gasteiger partial charge in [-0.3, -0.25) is 14.5 Å². The van der Waals surface area contributed by atoms with Crippen LogP contribution in [0.5, 0.6) is 11.5 Å². The lowest BCUT2D eigenvalue weighted by Crippen LogP contribution is -2.50. The highest BCUT2D eigenvalue weighted by Gasteiger charge is 2.21. The minimum atomic E-state index is -0.0651. The van der Waals surface area contributed by atoms with Gasteiger partial charge in [0.2, 0.25) is 11.8 Å². The van der Waals surface area contributed by atoms with Crippen molar-refractivity contribution in [2.75, 3.05) is 66.2 Å². The van der Waals surface area contributed by atoms with Crippen LogP contribution in [-0.2, 0) is 14.3 Å². The van der Waals surface area contributed by atoms with Gasteiger partial charge in [-0.05, 0) is 30.2 Å². The summed E-state index contributed by atoms with van der Waals surface area (Å²) in [6.07, 6.45) is 4.07. The molecule has 9 heteroatoms. The molecule has 1 N–H and O–H groups in total. The number of amides is 2. The molecule has 0 atom stereocenters. The van der Waals surface area contributed by atoms with Crippen LogP contribution in [0.4, 0.5) is 0 Å². The zero-order valence-electron chi connectivity index (χ0n) is 17.2. The minimum Gasteiger partial charge on any atom is -0.486 e. The van der Waals surface area contributed by atoms with Crippen LogP contribution in [0.15, 0.2) is 18.2 Å². The molecule has 1 aromatic carbocycles. The van der Waals surface area contributed by atoms with Gasteiger partial charge in [0.1, 0.15) is 13.2 Å². The van der Waals surface area contributed by atoms with Gasteiger partial charge in [0.25, 0.3) is 0 Å². The number of halogens is 1. The lowest BCUT2D eigenvalue weighted by molar-refractivity contribution is -0.128. The number of carbonyl (C=O) groups is 2. The second-order valence-corrected chi connectivity index (χ2v) is 7.57. The summed E-state index contributed by atoms with van der Waals surface area (Å²) in [4.78, 5) is 28.3. The molecule has 1 fully saturated rings. The summed E-state index contributed by atoms with van der Waals surface area (Å²) in [5.74, 6) is 1.08. The molecule has 164 valence electrons. The Morgan fingerprint density at radius 3 is 2.73 bits per heavy atom. The lowest BCUT2D eigenvalue weighted by Gasteiger charge is -2.33. The van der Waals surface area contributed by atoms with E-state index in [0.29, 0.717) is 75.6 Å². The number of benzene rings is 1. The maximum absolute atomic E-state index is 12.5. The number of hydrogen-bond acceptors (Lipinski definition) is 6. The SMILES string of the molecule is COCCCNC(=O)CN1CCN(C(=O)/C=C/c2cc(Cl)c3c(c2)OCCO3)CC1. The molecular formula is C21H28ClN3O5. The molecule has 0 unspecified atom stereocenters.